The SMILES string of the molecule is Cn1nccc1CCNC(=O)Nc1cccc(CN)c1. The average Bonchev–Trinajstić information content (AvgIpc) is 2.85. The number of urea groups is 1. The Bertz CT molecular complexity index is 578. The van der Waals surface area contributed by atoms with E-state index in [0.717, 1.165) is 23.4 Å². The number of amides is 2. The van der Waals surface area contributed by atoms with Crippen molar-refractivity contribution in [3.05, 3.63) is 47.8 Å². The van der Waals surface area contributed by atoms with Crippen LogP contribution in [0.15, 0.2) is 36.5 Å². The highest BCUT2D eigenvalue weighted by molar-refractivity contribution is 5.89. The normalized spacial score (nSPS) is 10.3. The molecule has 2 aromatic rings. The minimum absolute atomic E-state index is 0.221. The molecule has 0 saturated carbocycles. The Balaban J connectivity index is 1.79. The zero-order valence-electron chi connectivity index (χ0n) is 11.5. The molecule has 0 spiro atoms. The molecule has 0 bridgehead atoms. The zero-order chi connectivity index (χ0) is 14.4. The van der Waals surface area contributed by atoms with Gasteiger partial charge in [-0.2, -0.15) is 5.10 Å². The number of nitrogens with zero attached hydrogens (tertiary/aromatic N) is 2. The van der Waals surface area contributed by atoms with Gasteiger partial charge in [0.15, 0.2) is 0 Å². The Morgan fingerprint density at radius 1 is 1.40 bits per heavy atom. The van der Waals surface area contributed by atoms with Gasteiger partial charge in [-0.15, -0.1) is 0 Å². The third-order valence-electron chi connectivity index (χ3n) is 3.01. The number of benzene rings is 1. The van der Waals surface area contributed by atoms with Gasteiger partial charge in [0, 0.05) is 44.1 Å². The van der Waals surface area contributed by atoms with Crippen LogP contribution in [0.2, 0.25) is 0 Å². The molecular weight excluding hydrogens is 254 g/mol. The van der Waals surface area contributed by atoms with Crippen molar-refractivity contribution < 1.29 is 4.79 Å². The van der Waals surface area contributed by atoms with Crippen LogP contribution in [0.25, 0.3) is 0 Å². The van der Waals surface area contributed by atoms with Crippen LogP contribution in [0.1, 0.15) is 11.3 Å². The van der Waals surface area contributed by atoms with Gasteiger partial charge in [0.2, 0.25) is 0 Å². The molecule has 4 N–H and O–H groups in total. The van der Waals surface area contributed by atoms with Crippen LogP contribution < -0.4 is 16.4 Å². The fourth-order valence-corrected chi connectivity index (χ4v) is 1.90. The first-order valence-electron chi connectivity index (χ1n) is 6.50. The molecule has 1 heterocycles. The lowest BCUT2D eigenvalue weighted by molar-refractivity contribution is 0.252. The molecule has 0 aliphatic rings. The van der Waals surface area contributed by atoms with Crippen LogP contribution in [0.5, 0.6) is 0 Å². The first-order valence-corrected chi connectivity index (χ1v) is 6.50. The fourth-order valence-electron chi connectivity index (χ4n) is 1.90. The Labute approximate surface area is 118 Å². The predicted molar refractivity (Wildman–Crippen MR) is 78.3 cm³/mol. The Morgan fingerprint density at radius 2 is 2.25 bits per heavy atom. The van der Waals surface area contributed by atoms with E-state index in [1.54, 1.807) is 10.9 Å². The fraction of sp³-hybridized carbons (Fsp3) is 0.286. The van der Waals surface area contributed by atoms with Crippen molar-refractivity contribution in [2.45, 2.75) is 13.0 Å². The van der Waals surface area contributed by atoms with Crippen molar-refractivity contribution in [3.8, 4) is 0 Å². The maximum Gasteiger partial charge on any atom is 0.319 e. The molecule has 0 atom stereocenters. The number of nitrogens with two attached hydrogens (primary N) is 1. The summed E-state index contributed by atoms with van der Waals surface area (Å²) in [5.74, 6) is 0. The van der Waals surface area contributed by atoms with Crippen LogP contribution in [0, 0.1) is 0 Å². The summed E-state index contributed by atoms with van der Waals surface area (Å²) in [4.78, 5) is 11.7. The number of hydrogen-bond acceptors (Lipinski definition) is 3. The summed E-state index contributed by atoms with van der Waals surface area (Å²) in [6.07, 6.45) is 2.49. The summed E-state index contributed by atoms with van der Waals surface area (Å²) in [7, 11) is 1.88. The average molecular weight is 273 g/mol. The van der Waals surface area contributed by atoms with Gasteiger partial charge in [0.05, 0.1) is 0 Å². The van der Waals surface area contributed by atoms with Crippen molar-refractivity contribution in [2.75, 3.05) is 11.9 Å². The first-order chi connectivity index (χ1) is 9.69. The number of aryl methyl sites for hydroxylation is 1. The molecule has 0 radical (unpaired) electrons. The maximum absolute atomic E-state index is 11.7. The molecule has 1 aromatic carbocycles. The quantitative estimate of drug-likeness (QED) is 0.766. The van der Waals surface area contributed by atoms with Gasteiger partial charge in [-0.1, -0.05) is 12.1 Å². The number of anilines is 1. The highest BCUT2D eigenvalue weighted by atomic mass is 16.2. The van der Waals surface area contributed by atoms with Gasteiger partial charge in [-0.05, 0) is 23.8 Å². The second-order valence-electron chi connectivity index (χ2n) is 4.48. The molecule has 0 saturated heterocycles. The van der Waals surface area contributed by atoms with E-state index in [-0.39, 0.29) is 6.03 Å². The minimum atomic E-state index is -0.221. The molecule has 6 nitrogen and oxygen atoms in total. The first kappa shape index (κ1) is 14.1. The standard InChI is InChI=1S/C14H19N5O/c1-19-13(6-8-17-19)5-7-16-14(20)18-12-4-2-3-11(9-12)10-15/h2-4,6,8-9H,5,7,10,15H2,1H3,(H2,16,18,20). The van der Waals surface area contributed by atoms with E-state index in [4.69, 9.17) is 5.73 Å². The van der Waals surface area contributed by atoms with E-state index in [9.17, 15) is 4.79 Å². The molecule has 0 unspecified atom stereocenters. The smallest absolute Gasteiger partial charge is 0.319 e. The summed E-state index contributed by atoms with van der Waals surface area (Å²) in [6, 6.07) is 9.20. The monoisotopic (exact) mass is 273 g/mol. The highest BCUT2D eigenvalue weighted by Crippen LogP contribution is 2.09. The number of aromatic nitrogens is 2. The van der Waals surface area contributed by atoms with Crippen molar-refractivity contribution in [3.63, 3.8) is 0 Å². The van der Waals surface area contributed by atoms with Crippen molar-refractivity contribution in [1.29, 1.82) is 0 Å². The minimum Gasteiger partial charge on any atom is -0.337 e. The van der Waals surface area contributed by atoms with Gasteiger partial charge in [-0.3, -0.25) is 4.68 Å². The lowest BCUT2D eigenvalue weighted by Crippen LogP contribution is -2.30. The lowest BCUT2D eigenvalue weighted by atomic mass is 10.2. The van der Waals surface area contributed by atoms with Crippen molar-refractivity contribution in [2.24, 2.45) is 12.8 Å². The molecule has 2 rings (SSSR count). The second kappa shape index (κ2) is 6.72. The Morgan fingerprint density at radius 3 is 2.95 bits per heavy atom. The van der Waals surface area contributed by atoms with E-state index in [0.29, 0.717) is 13.1 Å². The molecule has 6 heteroatoms. The molecule has 20 heavy (non-hydrogen) atoms. The van der Waals surface area contributed by atoms with Gasteiger partial charge in [-0.25, -0.2) is 4.79 Å². The largest absolute Gasteiger partial charge is 0.337 e. The van der Waals surface area contributed by atoms with E-state index >= 15 is 0 Å². The van der Waals surface area contributed by atoms with Gasteiger partial charge < -0.3 is 16.4 Å². The van der Waals surface area contributed by atoms with Crippen molar-refractivity contribution in [1.82, 2.24) is 15.1 Å². The number of hydrogen-bond donors (Lipinski definition) is 3. The van der Waals surface area contributed by atoms with E-state index in [2.05, 4.69) is 15.7 Å². The number of rotatable bonds is 5. The summed E-state index contributed by atoms with van der Waals surface area (Å²) in [5.41, 5.74) is 8.37. The maximum atomic E-state index is 11.7. The van der Waals surface area contributed by atoms with Crippen LogP contribution in [0.4, 0.5) is 10.5 Å². The lowest BCUT2D eigenvalue weighted by Gasteiger charge is -2.08. The highest BCUT2D eigenvalue weighted by Gasteiger charge is 2.03. The summed E-state index contributed by atoms with van der Waals surface area (Å²) < 4.78 is 1.80. The Kier molecular flexibility index (Phi) is 4.73. The Hall–Kier alpha value is -2.34. The molecule has 0 aliphatic carbocycles. The topological polar surface area (TPSA) is 85.0 Å². The molecular formula is C14H19N5O. The number of carbonyl (C=O) groups is 1. The molecule has 0 aliphatic heterocycles. The number of carbonyl (C=O) groups excluding carboxylic acids is 1. The molecule has 0 fully saturated rings. The second-order valence-corrected chi connectivity index (χ2v) is 4.48. The van der Waals surface area contributed by atoms with Crippen LogP contribution in [-0.4, -0.2) is 22.4 Å². The van der Waals surface area contributed by atoms with Gasteiger partial charge in [0.25, 0.3) is 0 Å². The summed E-state index contributed by atoms with van der Waals surface area (Å²) in [6.45, 7) is 1.01. The van der Waals surface area contributed by atoms with Crippen LogP contribution >= 0.6 is 0 Å². The van der Waals surface area contributed by atoms with Crippen molar-refractivity contribution >= 4 is 11.7 Å². The number of nitrogens with one attached hydrogen (secondary N) is 2. The zero-order valence-corrected chi connectivity index (χ0v) is 11.5. The summed E-state index contributed by atoms with van der Waals surface area (Å²) >= 11 is 0. The van der Waals surface area contributed by atoms with Crippen LogP contribution in [0.3, 0.4) is 0 Å². The molecule has 1 aromatic heterocycles. The van der Waals surface area contributed by atoms with Gasteiger partial charge in [0.1, 0.15) is 0 Å². The molecule has 2 amide bonds. The van der Waals surface area contributed by atoms with Gasteiger partial charge >= 0.3 is 6.03 Å². The van der Waals surface area contributed by atoms with Crippen LogP contribution in [-0.2, 0) is 20.0 Å². The predicted octanol–water partition coefficient (Wildman–Crippen LogP) is 1.24. The third-order valence-corrected chi connectivity index (χ3v) is 3.01. The third kappa shape index (κ3) is 3.83. The molecule has 106 valence electrons. The van der Waals surface area contributed by atoms with E-state index < -0.39 is 0 Å². The van der Waals surface area contributed by atoms with E-state index in [1.807, 2.05) is 37.4 Å². The van der Waals surface area contributed by atoms with E-state index in [1.165, 1.54) is 0 Å². The summed E-state index contributed by atoms with van der Waals surface area (Å²) in [5, 5.41) is 9.67.